The zero-order valence-electron chi connectivity index (χ0n) is 19.0. The monoisotopic (exact) mass is 455 g/mol. The van der Waals surface area contributed by atoms with Crippen LogP contribution in [0.15, 0.2) is 30.4 Å². The van der Waals surface area contributed by atoms with E-state index in [1.165, 1.54) is 0 Å². The summed E-state index contributed by atoms with van der Waals surface area (Å²) in [6, 6.07) is 5.20. The molecule has 1 aromatic heterocycles. The molecular weight excluding hydrogens is 426 g/mol. The summed E-state index contributed by atoms with van der Waals surface area (Å²) in [6.45, 7) is 2.34. The van der Waals surface area contributed by atoms with Crippen molar-refractivity contribution in [3.05, 3.63) is 47.2 Å². The average Bonchev–Trinajstić information content (AvgIpc) is 3.48. The molecule has 10 nitrogen and oxygen atoms in total. The summed E-state index contributed by atoms with van der Waals surface area (Å²) in [5, 5.41) is 6.29. The van der Waals surface area contributed by atoms with Crippen molar-refractivity contribution in [2.24, 2.45) is 5.73 Å². The molecule has 5 N–H and O–H groups in total. The lowest BCUT2D eigenvalue weighted by molar-refractivity contribution is -0.125. The molecule has 2 heterocycles. The van der Waals surface area contributed by atoms with E-state index in [1.54, 1.807) is 51.7 Å². The van der Waals surface area contributed by atoms with E-state index in [0.29, 0.717) is 23.7 Å². The summed E-state index contributed by atoms with van der Waals surface area (Å²) < 4.78 is 15.1. The maximum absolute atomic E-state index is 11.3. The normalized spacial score (nSPS) is 12.5. The van der Waals surface area contributed by atoms with Gasteiger partial charge in [-0.05, 0) is 30.9 Å². The number of carbonyl (C=O) groups is 2. The van der Waals surface area contributed by atoms with E-state index in [4.69, 9.17) is 25.7 Å². The average molecular weight is 456 g/mol. The van der Waals surface area contributed by atoms with Gasteiger partial charge in [0.25, 0.3) is 5.91 Å². The van der Waals surface area contributed by atoms with Gasteiger partial charge in [0, 0.05) is 37.9 Å². The van der Waals surface area contributed by atoms with Gasteiger partial charge in [0.2, 0.25) is 5.91 Å². The number of nitrogens with zero attached hydrogens (tertiary/aromatic N) is 2. The Morgan fingerprint density at radius 2 is 1.76 bits per heavy atom. The molecule has 0 radical (unpaired) electrons. The Kier molecular flexibility index (Phi) is 9.80. The Bertz CT molecular complexity index is 1020. The highest BCUT2D eigenvalue weighted by Gasteiger charge is 2.15. The van der Waals surface area contributed by atoms with Crippen LogP contribution in [0.2, 0.25) is 0 Å². The smallest absolute Gasteiger partial charge is 0.255 e. The molecule has 176 valence electrons. The molecule has 0 atom stereocenters. The predicted octanol–water partition coefficient (Wildman–Crippen LogP) is 1.32. The second-order valence-electron chi connectivity index (χ2n) is 6.96. The molecule has 0 bridgehead atoms. The summed E-state index contributed by atoms with van der Waals surface area (Å²) in [5.41, 5.74) is 11.8. The molecule has 0 saturated carbocycles. The van der Waals surface area contributed by atoms with Gasteiger partial charge in [-0.15, -0.1) is 0 Å². The van der Waals surface area contributed by atoms with Crippen molar-refractivity contribution in [3.63, 3.8) is 0 Å². The minimum atomic E-state index is -0.686. The van der Waals surface area contributed by atoms with Crippen LogP contribution in [-0.2, 0) is 9.53 Å². The second kappa shape index (κ2) is 12.8. The van der Waals surface area contributed by atoms with E-state index in [2.05, 4.69) is 22.0 Å². The van der Waals surface area contributed by atoms with Gasteiger partial charge in [0.1, 0.15) is 22.8 Å². The van der Waals surface area contributed by atoms with E-state index in [-0.39, 0.29) is 23.0 Å². The van der Waals surface area contributed by atoms with E-state index in [0.717, 1.165) is 25.9 Å². The van der Waals surface area contributed by atoms with Gasteiger partial charge in [-0.25, -0.2) is 0 Å². The Morgan fingerprint density at radius 3 is 2.30 bits per heavy atom. The topological polar surface area (TPSA) is 146 Å². The highest BCUT2D eigenvalue weighted by Crippen LogP contribution is 2.22. The largest absolute Gasteiger partial charge is 0.497 e. The van der Waals surface area contributed by atoms with Crippen LogP contribution in [0.4, 0.5) is 5.82 Å². The first-order chi connectivity index (χ1) is 15.9. The Labute approximate surface area is 192 Å². The standard InChI is InChI=1S/C14H14N4O3.C9H15NO2/c1-20-9-5-8(6-10(7-9)21-2)3-4-11-12(14(16)19)13(15)18-17-11;1-12-8-4-5-9(11)10-6-2-3-7-10/h5-7H,1-2H3,(H2,16,19)(H3,15,17,18);4-5H,2-3,6-8H2,1H3/b;5-4+. The minimum absolute atomic E-state index is 0.0232. The maximum Gasteiger partial charge on any atom is 0.255 e. The van der Waals surface area contributed by atoms with Crippen molar-refractivity contribution in [1.82, 2.24) is 15.1 Å². The van der Waals surface area contributed by atoms with Crippen molar-refractivity contribution in [2.75, 3.05) is 46.8 Å². The van der Waals surface area contributed by atoms with Crippen molar-refractivity contribution in [3.8, 4) is 23.3 Å². The highest BCUT2D eigenvalue weighted by atomic mass is 16.5. The van der Waals surface area contributed by atoms with Crippen LogP contribution in [0.1, 0.15) is 34.5 Å². The van der Waals surface area contributed by atoms with Crippen LogP contribution in [-0.4, -0.2) is 67.9 Å². The Morgan fingerprint density at radius 1 is 1.12 bits per heavy atom. The number of carbonyl (C=O) groups excluding carboxylic acids is 2. The fourth-order valence-electron chi connectivity index (χ4n) is 3.00. The molecule has 0 unspecified atom stereocenters. The van der Waals surface area contributed by atoms with Crippen molar-refractivity contribution in [2.45, 2.75) is 12.8 Å². The lowest BCUT2D eigenvalue weighted by Crippen LogP contribution is -2.25. The number of amides is 2. The van der Waals surface area contributed by atoms with Gasteiger partial charge in [-0.3, -0.25) is 14.7 Å². The lowest BCUT2D eigenvalue weighted by atomic mass is 10.1. The maximum atomic E-state index is 11.3. The van der Waals surface area contributed by atoms with Crippen LogP contribution in [0, 0.1) is 11.8 Å². The SMILES string of the molecule is COC/C=C/C(=O)N1CCCC1.COc1cc(C#Cc2[nH]nc(N)c2C(N)=O)cc(OC)c1. The van der Waals surface area contributed by atoms with Crippen LogP contribution in [0.5, 0.6) is 11.5 Å². The summed E-state index contributed by atoms with van der Waals surface area (Å²) in [5.74, 6) is 6.32. The predicted molar refractivity (Wildman–Crippen MR) is 124 cm³/mol. The number of likely N-dealkylation sites (tertiary alicyclic amines) is 1. The number of methoxy groups -OCH3 is 3. The van der Waals surface area contributed by atoms with Crippen LogP contribution >= 0.6 is 0 Å². The number of nitrogen functional groups attached to an aromatic ring is 1. The molecule has 2 amide bonds. The molecule has 3 rings (SSSR count). The highest BCUT2D eigenvalue weighted by molar-refractivity contribution is 5.99. The number of aromatic amines is 1. The molecule has 1 fully saturated rings. The first-order valence-corrected chi connectivity index (χ1v) is 10.2. The molecule has 33 heavy (non-hydrogen) atoms. The van der Waals surface area contributed by atoms with Gasteiger partial charge < -0.3 is 30.6 Å². The Hall–Kier alpha value is -3.97. The number of nitrogens with one attached hydrogen (secondary N) is 1. The minimum Gasteiger partial charge on any atom is -0.497 e. The summed E-state index contributed by atoms with van der Waals surface area (Å²) in [4.78, 5) is 24.5. The number of rotatable bonds is 6. The van der Waals surface area contributed by atoms with E-state index >= 15 is 0 Å². The van der Waals surface area contributed by atoms with Gasteiger partial charge in [-0.1, -0.05) is 12.0 Å². The quantitative estimate of drug-likeness (QED) is 0.440. The first-order valence-electron chi connectivity index (χ1n) is 10.2. The molecular formula is C23H29N5O5. The molecule has 1 aliphatic rings. The summed E-state index contributed by atoms with van der Waals surface area (Å²) >= 11 is 0. The molecule has 1 aromatic carbocycles. The molecule has 0 spiro atoms. The fourth-order valence-corrected chi connectivity index (χ4v) is 3.00. The van der Waals surface area contributed by atoms with Crippen molar-refractivity contribution < 1.29 is 23.8 Å². The number of hydrogen-bond acceptors (Lipinski definition) is 7. The zero-order chi connectivity index (χ0) is 24.2. The molecule has 2 aromatic rings. The number of aromatic nitrogens is 2. The molecule has 0 aliphatic carbocycles. The van der Waals surface area contributed by atoms with Gasteiger partial charge >= 0.3 is 0 Å². The fraction of sp³-hybridized carbons (Fsp3) is 0.348. The zero-order valence-corrected chi connectivity index (χ0v) is 19.0. The third kappa shape index (κ3) is 7.59. The lowest BCUT2D eigenvalue weighted by Gasteiger charge is -2.11. The third-order valence-electron chi connectivity index (χ3n) is 4.67. The van der Waals surface area contributed by atoms with Crippen LogP contribution in [0.3, 0.4) is 0 Å². The van der Waals surface area contributed by atoms with Crippen LogP contribution < -0.4 is 20.9 Å². The number of nitrogens with two attached hydrogens (primary N) is 2. The van der Waals surface area contributed by atoms with Gasteiger partial charge in [-0.2, -0.15) is 5.10 Å². The summed E-state index contributed by atoms with van der Waals surface area (Å²) in [7, 11) is 4.71. The van der Waals surface area contributed by atoms with E-state index in [1.807, 2.05) is 4.90 Å². The molecule has 10 heteroatoms. The Balaban J connectivity index is 0.000000273. The van der Waals surface area contributed by atoms with Gasteiger partial charge in [0.05, 0.1) is 20.8 Å². The number of anilines is 1. The molecule has 1 aliphatic heterocycles. The number of H-pyrrole nitrogens is 1. The van der Waals surface area contributed by atoms with Gasteiger partial charge in [0.15, 0.2) is 5.82 Å². The molecule has 1 saturated heterocycles. The number of primary amides is 1. The van der Waals surface area contributed by atoms with Crippen molar-refractivity contribution >= 4 is 17.6 Å². The first kappa shape index (κ1) is 25.3. The van der Waals surface area contributed by atoms with E-state index < -0.39 is 5.91 Å². The number of ether oxygens (including phenoxy) is 3. The summed E-state index contributed by atoms with van der Waals surface area (Å²) in [6.07, 6.45) is 5.63. The van der Waals surface area contributed by atoms with Crippen molar-refractivity contribution in [1.29, 1.82) is 0 Å². The third-order valence-corrected chi connectivity index (χ3v) is 4.67. The van der Waals surface area contributed by atoms with E-state index in [9.17, 15) is 9.59 Å². The number of hydrogen-bond donors (Lipinski definition) is 3. The van der Waals surface area contributed by atoms with Crippen LogP contribution in [0.25, 0.3) is 0 Å². The number of benzene rings is 1. The second-order valence-corrected chi connectivity index (χ2v) is 6.96.